The molecule has 0 aromatic heterocycles. The predicted molar refractivity (Wildman–Crippen MR) is 79.8 cm³/mol. The van der Waals surface area contributed by atoms with E-state index in [-0.39, 0.29) is 17.5 Å². The van der Waals surface area contributed by atoms with Crippen molar-refractivity contribution in [2.24, 2.45) is 5.92 Å². The van der Waals surface area contributed by atoms with Crippen LogP contribution < -0.4 is 5.32 Å². The standard InChI is InChI=1S/C17H24FNO2/c1-12-3-4-14(18)9-15(12)16(19-2)13-5-7-21-17(10-13)6-8-20-11-17/h3-4,9,13,16,19H,5-8,10-11H2,1-2H3. The van der Waals surface area contributed by atoms with Crippen LogP contribution in [0.3, 0.4) is 0 Å². The van der Waals surface area contributed by atoms with E-state index in [1.807, 2.05) is 20.0 Å². The molecule has 0 aliphatic carbocycles. The monoisotopic (exact) mass is 293 g/mol. The molecule has 3 rings (SSSR count). The van der Waals surface area contributed by atoms with Gasteiger partial charge in [-0.1, -0.05) is 6.07 Å². The molecule has 0 amide bonds. The Morgan fingerprint density at radius 1 is 1.38 bits per heavy atom. The molecular weight excluding hydrogens is 269 g/mol. The number of nitrogens with one attached hydrogen (secondary N) is 1. The minimum Gasteiger partial charge on any atom is -0.378 e. The van der Waals surface area contributed by atoms with Crippen molar-refractivity contribution in [1.29, 1.82) is 0 Å². The van der Waals surface area contributed by atoms with E-state index in [4.69, 9.17) is 9.47 Å². The third kappa shape index (κ3) is 2.98. The normalized spacial score (nSPS) is 30.7. The smallest absolute Gasteiger partial charge is 0.123 e. The van der Waals surface area contributed by atoms with Gasteiger partial charge in [-0.05, 0) is 56.0 Å². The number of hydrogen-bond acceptors (Lipinski definition) is 3. The zero-order chi connectivity index (χ0) is 14.9. The van der Waals surface area contributed by atoms with E-state index in [0.29, 0.717) is 12.5 Å². The van der Waals surface area contributed by atoms with Crippen LogP contribution in [0.15, 0.2) is 18.2 Å². The van der Waals surface area contributed by atoms with Gasteiger partial charge < -0.3 is 14.8 Å². The molecule has 3 atom stereocenters. The summed E-state index contributed by atoms with van der Waals surface area (Å²) in [6, 6.07) is 5.23. The summed E-state index contributed by atoms with van der Waals surface area (Å²) in [6.07, 6.45) is 2.96. The van der Waals surface area contributed by atoms with Gasteiger partial charge in [0.25, 0.3) is 0 Å². The molecule has 1 spiro atoms. The Morgan fingerprint density at radius 2 is 2.24 bits per heavy atom. The van der Waals surface area contributed by atoms with Crippen LogP contribution in [0, 0.1) is 18.7 Å². The van der Waals surface area contributed by atoms with Crippen molar-refractivity contribution in [1.82, 2.24) is 5.32 Å². The van der Waals surface area contributed by atoms with E-state index in [1.165, 1.54) is 6.07 Å². The highest BCUT2D eigenvalue weighted by Gasteiger charge is 2.43. The average Bonchev–Trinajstić information content (AvgIpc) is 2.91. The fourth-order valence-corrected chi connectivity index (χ4v) is 3.81. The largest absolute Gasteiger partial charge is 0.378 e. The van der Waals surface area contributed by atoms with Crippen molar-refractivity contribution >= 4 is 0 Å². The van der Waals surface area contributed by atoms with Crippen molar-refractivity contribution in [2.75, 3.05) is 26.9 Å². The molecule has 2 saturated heterocycles. The number of halogens is 1. The summed E-state index contributed by atoms with van der Waals surface area (Å²) < 4.78 is 25.2. The summed E-state index contributed by atoms with van der Waals surface area (Å²) >= 11 is 0. The Labute approximate surface area is 125 Å². The molecule has 0 bridgehead atoms. The number of benzene rings is 1. The van der Waals surface area contributed by atoms with Crippen molar-refractivity contribution in [3.63, 3.8) is 0 Å². The highest BCUT2D eigenvalue weighted by Crippen LogP contribution is 2.41. The number of aryl methyl sites for hydroxylation is 1. The Morgan fingerprint density at radius 3 is 2.95 bits per heavy atom. The van der Waals surface area contributed by atoms with E-state index in [9.17, 15) is 4.39 Å². The van der Waals surface area contributed by atoms with Crippen LogP contribution >= 0.6 is 0 Å². The van der Waals surface area contributed by atoms with Crippen LogP contribution in [0.25, 0.3) is 0 Å². The molecule has 2 aliphatic heterocycles. The Balaban J connectivity index is 1.84. The second kappa shape index (κ2) is 6.03. The molecule has 21 heavy (non-hydrogen) atoms. The number of rotatable bonds is 3. The van der Waals surface area contributed by atoms with Gasteiger partial charge in [0, 0.05) is 25.7 Å². The molecule has 1 N–H and O–H groups in total. The van der Waals surface area contributed by atoms with Gasteiger partial charge in [-0.25, -0.2) is 4.39 Å². The fourth-order valence-electron chi connectivity index (χ4n) is 3.81. The van der Waals surface area contributed by atoms with Crippen molar-refractivity contribution in [3.8, 4) is 0 Å². The summed E-state index contributed by atoms with van der Waals surface area (Å²) in [5, 5.41) is 3.40. The lowest BCUT2D eigenvalue weighted by atomic mass is 9.78. The van der Waals surface area contributed by atoms with Crippen LogP contribution in [-0.4, -0.2) is 32.5 Å². The first-order chi connectivity index (χ1) is 10.1. The fraction of sp³-hybridized carbons (Fsp3) is 0.647. The lowest BCUT2D eigenvalue weighted by molar-refractivity contribution is -0.103. The molecule has 2 fully saturated rings. The molecular formula is C17H24FNO2. The molecule has 2 aliphatic rings. The highest BCUT2D eigenvalue weighted by atomic mass is 19.1. The van der Waals surface area contributed by atoms with Crippen LogP contribution in [0.4, 0.5) is 4.39 Å². The minimum atomic E-state index is -0.165. The molecule has 4 heteroatoms. The molecule has 116 valence electrons. The van der Waals surface area contributed by atoms with Gasteiger partial charge in [-0.3, -0.25) is 0 Å². The van der Waals surface area contributed by atoms with E-state index >= 15 is 0 Å². The van der Waals surface area contributed by atoms with Gasteiger partial charge in [0.05, 0.1) is 12.2 Å². The van der Waals surface area contributed by atoms with Crippen molar-refractivity contribution in [3.05, 3.63) is 35.1 Å². The Kier molecular flexibility index (Phi) is 4.29. The van der Waals surface area contributed by atoms with Gasteiger partial charge in [-0.2, -0.15) is 0 Å². The lowest BCUT2D eigenvalue weighted by Crippen LogP contribution is -2.43. The molecule has 1 aromatic carbocycles. The summed E-state index contributed by atoms with van der Waals surface area (Å²) in [5.41, 5.74) is 2.09. The SMILES string of the molecule is CNC(c1cc(F)ccc1C)C1CCOC2(CCOC2)C1. The first kappa shape index (κ1) is 14.9. The Hall–Kier alpha value is -0.970. The molecule has 2 heterocycles. The van der Waals surface area contributed by atoms with Gasteiger partial charge in [0.2, 0.25) is 0 Å². The maximum atomic E-state index is 13.6. The minimum absolute atomic E-state index is 0.112. The molecule has 3 nitrogen and oxygen atoms in total. The molecule has 3 unspecified atom stereocenters. The maximum absolute atomic E-state index is 13.6. The van der Waals surface area contributed by atoms with Crippen molar-refractivity contribution in [2.45, 2.75) is 37.8 Å². The third-order valence-corrected chi connectivity index (χ3v) is 4.96. The van der Waals surface area contributed by atoms with Crippen LogP contribution in [0.5, 0.6) is 0 Å². The quantitative estimate of drug-likeness (QED) is 0.929. The van der Waals surface area contributed by atoms with E-state index in [1.54, 1.807) is 6.07 Å². The number of hydrogen-bond donors (Lipinski definition) is 1. The van der Waals surface area contributed by atoms with Gasteiger partial charge >= 0.3 is 0 Å². The van der Waals surface area contributed by atoms with Crippen molar-refractivity contribution < 1.29 is 13.9 Å². The summed E-state index contributed by atoms with van der Waals surface area (Å²) in [6.45, 7) is 4.30. The lowest BCUT2D eigenvalue weighted by Gasteiger charge is -2.40. The van der Waals surface area contributed by atoms with Crippen LogP contribution in [-0.2, 0) is 9.47 Å². The second-order valence-corrected chi connectivity index (χ2v) is 6.35. The van der Waals surface area contributed by atoms with Crippen LogP contribution in [0.1, 0.15) is 36.4 Å². The van der Waals surface area contributed by atoms with Gasteiger partial charge in [-0.15, -0.1) is 0 Å². The first-order valence-corrected chi connectivity index (χ1v) is 7.79. The first-order valence-electron chi connectivity index (χ1n) is 7.79. The highest BCUT2D eigenvalue weighted by molar-refractivity contribution is 5.30. The molecule has 0 saturated carbocycles. The van der Waals surface area contributed by atoms with Crippen LogP contribution in [0.2, 0.25) is 0 Å². The molecule has 0 radical (unpaired) electrons. The summed E-state index contributed by atoms with van der Waals surface area (Å²) in [7, 11) is 1.96. The molecule has 1 aromatic rings. The number of ether oxygens (including phenoxy) is 2. The van der Waals surface area contributed by atoms with E-state index in [2.05, 4.69) is 5.32 Å². The predicted octanol–water partition coefficient (Wildman–Crippen LogP) is 2.98. The van der Waals surface area contributed by atoms with E-state index < -0.39 is 0 Å². The summed E-state index contributed by atoms with van der Waals surface area (Å²) in [5.74, 6) is 0.285. The zero-order valence-electron chi connectivity index (χ0n) is 12.8. The van der Waals surface area contributed by atoms with Gasteiger partial charge in [0.15, 0.2) is 0 Å². The topological polar surface area (TPSA) is 30.5 Å². The average molecular weight is 293 g/mol. The zero-order valence-corrected chi connectivity index (χ0v) is 12.8. The second-order valence-electron chi connectivity index (χ2n) is 6.35. The summed E-state index contributed by atoms with van der Waals surface area (Å²) in [4.78, 5) is 0. The van der Waals surface area contributed by atoms with E-state index in [0.717, 1.165) is 43.6 Å². The maximum Gasteiger partial charge on any atom is 0.123 e. The van der Waals surface area contributed by atoms with Gasteiger partial charge in [0.1, 0.15) is 5.82 Å². The third-order valence-electron chi connectivity index (χ3n) is 4.96. The Bertz CT molecular complexity index is 500.